The third-order valence-corrected chi connectivity index (χ3v) is 2.99. The van der Waals surface area contributed by atoms with E-state index in [-0.39, 0.29) is 0 Å². The highest BCUT2D eigenvalue weighted by atomic mass is 16.5. The zero-order valence-corrected chi connectivity index (χ0v) is 11.7. The van der Waals surface area contributed by atoms with Crippen LogP contribution in [-0.2, 0) is 6.42 Å². The van der Waals surface area contributed by atoms with E-state index in [4.69, 9.17) is 15.2 Å². The van der Waals surface area contributed by atoms with Crippen molar-refractivity contribution in [3.63, 3.8) is 0 Å². The number of nitrogens with two attached hydrogens (primary N) is 1. The zero-order valence-electron chi connectivity index (χ0n) is 11.7. The fraction of sp³-hybridized carbons (Fsp3) is 0.267. The molecule has 0 saturated heterocycles. The maximum atomic E-state index is 5.82. The van der Waals surface area contributed by atoms with Gasteiger partial charge < -0.3 is 20.5 Å². The number of aromatic nitrogens is 1. The van der Waals surface area contributed by atoms with Crippen LogP contribution in [0.5, 0.6) is 11.5 Å². The van der Waals surface area contributed by atoms with Gasteiger partial charge in [0, 0.05) is 12.7 Å². The topological polar surface area (TPSA) is 69.4 Å². The summed E-state index contributed by atoms with van der Waals surface area (Å²) in [6.07, 6.45) is 2.56. The van der Waals surface area contributed by atoms with E-state index < -0.39 is 0 Å². The number of anilines is 2. The van der Waals surface area contributed by atoms with Gasteiger partial charge in [-0.3, -0.25) is 0 Å². The number of nitrogens with one attached hydrogen (secondary N) is 1. The van der Waals surface area contributed by atoms with Crippen molar-refractivity contribution in [2.75, 3.05) is 31.8 Å². The van der Waals surface area contributed by atoms with E-state index in [1.54, 1.807) is 20.4 Å². The lowest BCUT2D eigenvalue weighted by Gasteiger charge is -2.11. The number of ether oxygens (including phenoxy) is 2. The number of rotatable bonds is 6. The SMILES string of the molecule is COc1ccc(CCNc2ncccc2N)cc1OC. The Balaban J connectivity index is 1.96. The van der Waals surface area contributed by atoms with Gasteiger partial charge in [0.2, 0.25) is 0 Å². The summed E-state index contributed by atoms with van der Waals surface area (Å²) in [5.74, 6) is 2.19. The maximum absolute atomic E-state index is 5.82. The van der Waals surface area contributed by atoms with Crippen LogP contribution in [0.15, 0.2) is 36.5 Å². The third-order valence-electron chi connectivity index (χ3n) is 2.99. The first-order chi connectivity index (χ1) is 9.74. The van der Waals surface area contributed by atoms with Crippen molar-refractivity contribution in [3.8, 4) is 11.5 Å². The van der Waals surface area contributed by atoms with E-state index in [1.807, 2.05) is 30.3 Å². The summed E-state index contributed by atoms with van der Waals surface area (Å²) in [5, 5.41) is 3.22. The molecule has 0 fully saturated rings. The molecule has 0 aliphatic heterocycles. The van der Waals surface area contributed by atoms with Crippen LogP contribution in [-0.4, -0.2) is 25.7 Å². The molecule has 0 amide bonds. The highest BCUT2D eigenvalue weighted by Crippen LogP contribution is 2.27. The quantitative estimate of drug-likeness (QED) is 0.845. The van der Waals surface area contributed by atoms with E-state index in [0.717, 1.165) is 30.0 Å². The molecular formula is C15H19N3O2. The van der Waals surface area contributed by atoms with Gasteiger partial charge in [0.15, 0.2) is 11.5 Å². The molecule has 0 unspecified atom stereocenters. The Morgan fingerprint density at radius 2 is 1.95 bits per heavy atom. The molecule has 2 aromatic rings. The summed E-state index contributed by atoms with van der Waals surface area (Å²) >= 11 is 0. The van der Waals surface area contributed by atoms with Gasteiger partial charge in [0.1, 0.15) is 5.82 Å². The zero-order chi connectivity index (χ0) is 14.4. The molecule has 1 heterocycles. The van der Waals surface area contributed by atoms with Crippen LogP contribution in [0.25, 0.3) is 0 Å². The largest absolute Gasteiger partial charge is 0.493 e. The molecule has 1 aromatic heterocycles. The number of nitrogens with zero attached hydrogens (tertiary/aromatic N) is 1. The van der Waals surface area contributed by atoms with E-state index in [0.29, 0.717) is 11.5 Å². The molecule has 0 radical (unpaired) electrons. The number of benzene rings is 1. The van der Waals surface area contributed by atoms with Crippen molar-refractivity contribution in [3.05, 3.63) is 42.1 Å². The monoisotopic (exact) mass is 273 g/mol. The third kappa shape index (κ3) is 3.32. The molecule has 3 N–H and O–H groups in total. The highest BCUT2D eigenvalue weighted by Gasteiger charge is 2.05. The van der Waals surface area contributed by atoms with Gasteiger partial charge in [-0.25, -0.2) is 4.98 Å². The van der Waals surface area contributed by atoms with Crippen molar-refractivity contribution < 1.29 is 9.47 Å². The molecule has 0 bridgehead atoms. The van der Waals surface area contributed by atoms with Gasteiger partial charge in [-0.2, -0.15) is 0 Å². The Morgan fingerprint density at radius 3 is 2.65 bits per heavy atom. The summed E-state index contributed by atoms with van der Waals surface area (Å²) in [4.78, 5) is 4.19. The number of hydrogen-bond donors (Lipinski definition) is 2. The number of methoxy groups -OCH3 is 2. The molecule has 5 heteroatoms. The Labute approximate surface area is 118 Å². The molecule has 20 heavy (non-hydrogen) atoms. The molecule has 106 valence electrons. The average Bonchev–Trinajstić information content (AvgIpc) is 2.49. The maximum Gasteiger partial charge on any atom is 0.160 e. The Kier molecular flexibility index (Phi) is 4.65. The van der Waals surface area contributed by atoms with Gasteiger partial charge in [-0.05, 0) is 36.2 Å². The highest BCUT2D eigenvalue weighted by molar-refractivity contribution is 5.60. The van der Waals surface area contributed by atoms with Crippen molar-refractivity contribution >= 4 is 11.5 Å². The van der Waals surface area contributed by atoms with Crippen LogP contribution in [0.3, 0.4) is 0 Å². The van der Waals surface area contributed by atoms with Gasteiger partial charge >= 0.3 is 0 Å². The lowest BCUT2D eigenvalue weighted by molar-refractivity contribution is 0.354. The van der Waals surface area contributed by atoms with Crippen LogP contribution in [0, 0.1) is 0 Å². The minimum atomic E-state index is 0.653. The summed E-state index contributed by atoms with van der Waals surface area (Å²) < 4.78 is 10.5. The molecule has 2 rings (SSSR count). The molecule has 1 aromatic carbocycles. The van der Waals surface area contributed by atoms with Crippen LogP contribution < -0.4 is 20.5 Å². The van der Waals surface area contributed by atoms with Crippen LogP contribution >= 0.6 is 0 Å². The molecule has 5 nitrogen and oxygen atoms in total. The first kappa shape index (κ1) is 14.0. The second-order valence-electron chi connectivity index (χ2n) is 4.31. The molecule has 0 aliphatic rings. The van der Waals surface area contributed by atoms with Crippen molar-refractivity contribution in [2.24, 2.45) is 0 Å². The summed E-state index contributed by atoms with van der Waals surface area (Å²) in [7, 11) is 3.26. The lowest BCUT2D eigenvalue weighted by atomic mass is 10.1. The van der Waals surface area contributed by atoms with Crippen LogP contribution in [0.2, 0.25) is 0 Å². The van der Waals surface area contributed by atoms with Crippen molar-refractivity contribution in [2.45, 2.75) is 6.42 Å². The first-order valence-electron chi connectivity index (χ1n) is 6.40. The molecular weight excluding hydrogens is 254 g/mol. The second kappa shape index (κ2) is 6.65. The summed E-state index contributed by atoms with van der Waals surface area (Å²) in [6, 6.07) is 9.54. The van der Waals surface area contributed by atoms with Crippen molar-refractivity contribution in [1.29, 1.82) is 0 Å². The normalized spacial score (nSPS) is 10.1. The van der Waals surface area contributed by atoms with E-state index in [1.165, 1.54) is 0 Å². The lowest BCUT2D eigenvalue weighted by Crippen LogP contribution is -2.08. The molecule has 0 atom stereocenters. The smallest absolute Gasteiger partial charge is 0.160 e. The predicted molar refractivity (Wildman–Crippen MR) is 80.4 cm³/mol. The fourth-order valence-electron chi connectivity index (χ4n) is 1.93. The summed E-state index contributed by atoms with van der Waals surface area (Å²) in [5.41, 5.74) is 7.63. The van der Waals surface area contributed by atoms with Crippen molar-refractivity contribution in [1.82, 2.24) is 4.98 Å². The molecule has 0 saturated carbocycles. The van der Waals surface area contributed by atoms with Gasteiger partial charge in [0.05, 0.1) is 19.9 Å². The Bertz CT molecular complexity index is 573. The Morgan fingerprint density at radius 1 is 1.15 bits per heavy atom. The fourth-order valence-corrected chi connectivity index (χ4v) is 1.93. The minimum absolute atomic E-state index is 0.653. The second-order valence-corrected chi connectivity index (χ2v) is 4.31. The van der Waals surface area contributed by atoms with Gasteiger partial charge in [-0.15, -0.1) is 0 Å². The predicted octanol–water partition coefficient (Wildman–Crippen LogP) is 2.34. The first-order valence-corrected chi connectivity index (χ1v) is 6.40. The van der Waals surface area contributed by atoms with Crippen LogP contribution in [0.1, 0.15) is 5.56 Å². The standard InChI is InChI=1S/C15H19N3O2/c1-19-13-6-5-11(10-14(13)20-2)7-9-18-15-12(16)4-3-8-17-15/h3-6,8,10H,7,9,16H2,1-2H3,(H,17,18). The van der Waals surface area contributed by atoms with Crippen LogP contribution in [0.4, 0.5) is 11.5 Å². The van der Waals surface area contributed by atoms with Gasteiger partial charge in [0.25, 0.3) is 0 Å². The van der Waals surface area contributed by atoms with Gasteiger partial charge in [-0.1, -0.05) is 6.07 Å². The number of hydrogen-bond acceptors (Lipinski definition) is 5. The Hall–Kier alpha value is -2.43. The molecule has 0 spiro atoms. The minimum Gasteiger partial charge on any atom is -0.493 e. The number of pyridine rings is 1. The van der Waals surface area contributed by atoms with E-state index in [9.17, 15) is 0 Å². The average molecular weight is 273 g/mol. The van der Waals surface area contributed by atoms with E-state index >= 15 is 0 Å². The summed E-state index contributed by atoms with van der Waals surface area (Å²) in [6.45, 7) is 0.747. The molecule has 0 aliphatic carbocycles. The number of nitrogen functional groups attached to an aromatic ring is 1. The van der Waals surface area contributed by atoms with E-state index in [2.05, 4.69) is 10.3 Å².